The molecule has 1 nitrogen and oxygen atoms in total. The van der Waals surface area contributed by atoms with Gasteiger partial charge in [0.25, 0.3) is 0 Å². The molecule has 0 bridgehead atoms. The van der Waals surface area contributed by atoms with Crippen molar-refractivity contribution in [3.63, 3.8) is 0 Å². The summed E-state index contributed by atoms with van der Waals surface area (Å²) < 4.78 is 40.4. The van der Waals surface area contributed by atoms with Crippen molar-refractivity contribution in [3.8, 4) is 0 Å². The molecule has 0 aliphatic heterocycles. The predicted octanol–water partition coefficient (Wildman–Crippen LogP) is 5.03. The van der Waals surface area contributed by atoms with Crippen LogP contribution in [0.4, 0.5) is 13.2 Å². The average Bonchev–Trinajstić information content (AvgIpc) is 2.37. The Morgan fingerprint density at radius 2 is 1.55 bits per heavy atom. The summed E-state index contributed by atoms with van der Waals surface area (Å²) in [6.07, 6.45) is 0. The van der Waals surface area contributed by atoms with Crippen LogP contribution in [0.25, 0.3) is 0 Å². The van der Waals surface area contributed by atoms with E-state index in [1.807, 2.05) is 0 Å². The van der Waals surface area contributed by atoms with Crippen molar-refractivity contribution < 1.29 is 18.0 Å². The lowest BCUT2D eigenvalue weighted by atomic mass is 10.0. The number of carbonyl (C=O) groups excluding carboxylic acids is 1. The number of Topliss-reactive ketones (excluding diaryl/α,β-unsaturated/α-hetero) is 1. The first-order valence-electron chi connectivity index (χ1n) is 5.48. The summed E-state index contributed by atoms with van der Waals surface area (Å²) in [5, 5.41) is -1.29. The van der Waals surface area contributed by atoms with Crippen LogP contribution in [0.15, 0.2) is 40.9 Å². The molecule has 0 aliphatic rings. The van der Waals surface area contributed by atoms with Crippen molar-refractivity contribution >= 4 is 33.3 Å². The summed E-state index contributed by atoms with van der Waals surface area (Å²) in [6, 6.07) is 6.77. The molecule has 0 fully saturated rings. The second kappa shape index (κ2) is 5.97. The number of alkyl halides is 1. The number of hydrogen-bond acceptors (Lipinski definition) is 1. The Kier molecular flexibility index (Phi) is 4.50. The maximum absolute atomic E-state index is 13.7. The average molecular weight is 364 g/mol. The zero-order chi connectivity index (χ0) is 14.9. The Morgan fingerprint density at radius 3 is 2.05 bits per heavy atom. The number of hydrogen-bond donors (Lipinski definition) is 0. The Hall–Kier alpha value is -1.33. The second-order valence-corrected chi connectivity index (χ2v) is 5.37. The van der Waals surface area contributed by atoms with Crippen LogP contribution < -0.4 is 0 Å². The lowest BCUT2D eigenvalue weighted by Gasteiger charge is -2.11. The fourth-order valence-corrected chi connectivity index (χ4v) is 2.34. The molecule has 0 amide bonds. The minimum Gasteiger partial charge on any atom is -0.292 e. The van der Waals surface area contributed by atoms with Crippen molar-refractivity contribution in [2.45, 2.75) is 5.38 Å². The van der Waals surface area contributed by atoms with E-state index in [0.29, 0.717) is 0 Å². The summed E-state index contributed by atoms with van der Waals surface area (Å²) in [7, 11) is 0. The highest BCUT2D eigenvalue weighted by Crippen LogP contribution is 2.29. The molecule has 0 N–H and O–H groups in total. The largest absolute Gasteiger partial charge is 0.292 e. The quantitative estimate of drug-likeness (QED) is 0.552. The van der Waals surface area contributed by atoms with Gasteiger partial charge in [-0.05, 0) is 29.8 Å². The molecule has 2 aromatic rings. The highest BCUT2D eigenvalue weighted by molar-refractivity contribution is 9.10. The van der Waals surface area contributed by atoms with Crippen molar-refractivity contribution in [1.82, 2.24) is 0 Å². The first kappa shape index (κ1) is 15.1. The summed E-state index contributed by atoms with van der Waals surface area (Å²) in [4.78, 5) is 12.1. The van der Waals surface area contributed by atoms with Gasteiger partial charge >= 0.3 is 0 Å². The lowest BCUT2D eigenvalue weighted by molar-refractivity contribution is 0.0979. The van der Waals surface area contributed by atoms with Gasteiger partial charge in [-0.15, -0.1) is 11.6 Å². The molecule has 2 rings (SSSR count). The minimum atomic E-state index is -1.29. The fourth-order valence-electron chi connectivity index (χ4n) is 1.69. The number of rotatable bonds is 3. The van der Waals surface area contributed by atoms with Gasteiger partial charge in [0.05, 0.1) is 5.56 Å². The Bertz CT molecular complexity index is 635. The maximum Gasteiger partial charge on any atom is 0.191 e. The zero-order valence-corrected chi connectivity index (χ0v) is 12.2. The second-order valence-electron chi connectivity index (χ2n) is 4.02. The third kappa shape index (κ3) is 3.04. The topological polar surface area (TPSA) is 17.1 Å². The van der Waals surface area contributed by atoms with Gasteiger partial charge in [0.1, 0.15) is 22.8 Å². The molecule has 0 heterocycles. The minimum absolute atomic E-state index is 0.178. The molecule has 0 aliphatic carbocycles. The zero-order valence-electron chi connectivity index (χ0n) is 9.84. The van der Waals surface area contributed by atoms with E-state index in [4.69, 9.17) is 11.6 Å². The Labute approximate surface area is 126 Å². The first-order chi connectivity index (χ1) is 9.40. The van der Waals surface area contributed by atoms with Crippen molar-refractivity contribution in [2.75, 3.05) is 0 Å². The van der Waals surface area contributed by atoms with E-state index < -0.39 is 34.2 Å². The highest BCUT2D eigenvalue weighted by atomic mass is 79.9. The van der Waals surface area contributed by atoms with Gasteiger partial charge < -0.3 is 0 Å². The van der Waals surface area contributed by atoms with Crippen LogP contribution in [0.5, 0.6) is 0 Å². The van der Waals surface area contributed by atoms with Crippen LogP contribution in [0.2, 0.25) is 0 Å². The summed E-state index contributed by atoms with van der Waals surface area (Å²) in [6.45, 7) is 0. The molecule has 20 heavy (non-hydrogen) atoms. The lowest BCUT2D eigenvalue weighted by Crippen LogP contribution is -2.12. The molecule has 104 valence electrons. The normalized spacial score (nSPS) is 12.2. The maximum atomic E-state index is 13.7. The van der Waals surface area contributed by atoms with Crippen molar-refractivity contribution in [1.29, 1.82) is 0 Å². The molecule has 0 spiro atoms. The van der Waals surface area contributed by atoms with E-state index in [1.165, 1.54) is 12.1 Å². The van der Waals surface area contributed by atoms with Crippen molar-refractivity contribution in [3.05, 3.63) is 69.4 Å². The van der Waals surface area contributed by atoms with Crippen LogP contribution in [0.3, 0.4) is 0 Å². The molecule has 0 aromatic heterocycles. The van der Waals surface area contributed by atoms with Gasteiger partial charge in [0, 0.05) is 4.47 Å². The van der Waals surface area contributed by atoms with Gasteiger partial charge in [0.15, 0.2) is 5.78 Å². The van der Waals surface area contributed by atoms with Crippen LogP contribution in [0, 0.1) is 17.5 Å². The SMILES string of the molecule is O=C(c1c(F)cc(Br)cc1F)C(Cl)c1ccc(F)cc1. The van der Waals surface area contributed by atoms with E-state index in [9.17, 15) is 18.0 Å². The Morgan fingerprint density at radius 1 is 1.05 bits per heavy atom. The molecule has 0 radical (unpaired) electrons. The van der Waals surface area contributed by atoms with Crippen LogP contribution >= 0.6 is 27.5 Å². The molecule has 6 heteroatoms. The molecular formula is C14H7BrClF3O. The third-order valence-corrected chi connectivity index (χ3v) is 3.55. The van der Waals surface area contributed by atoms with E-state index in [0.717, 1.165) is 24.3 Å². The monoisotopic (exact) mass is 362 g/mol. The predicted molar refractivity (Wildman–Crippen MR) is 73.4 cm³/mol. The first-order valence-corrected chi connectivity index (χ1v) is 6.71. The van der Waals surface area contributed by atoms with Crippen LogP contribution in [0.1, 0.15) is 21.3 Å². The fraction of sp³-hybridized carbons (Fsp3) is 0.0714. The highest BCUT2D eigenvalue weighted by Gasteiger charge is 2.26. The number of carbonyl (C=O) groups is 1. The standard InChI is InChI=1S/C14H7BrClF3O/c15-8-5-10(18)12(11(19)6-8)14(20)13(16)7-1-3-9(17)4-2-7/h1-6,13H. The molecule has 0 saturated carbocycles. The number of halogens is 5. The van der Waals surface area contributed by atoms with Gasteiger partial charge in [-0.3, -0.25) is 4.79 Å². The summed E-state index contributed by atoms with van der Waals surface area (Å²) in [5.41, 5.74) is -0.447. The molecular weight excluding hydrogens is 357 g/mol. The van der Waals surface area contributed by atoms with Gasteiger partial charge in [-0.25, -0.2) is 13.2 Å². The van der Waals surface area contributed by atoms with E-state index >= 15 is 0 Å². The third-order valence-electron chi connectivity index (χ3n) is 2.65. The summed E-state index contributed by atoms with van der Waals surface area (Å²) in [5.74, 6) is -3.42. The van der Waals surface area contributed by atoms with E-state index in [-0.39, 0.29) is 10.0 Å². The molecule has 1 atom stereocenters. The van der Waals surface area contributed by atoms with Crippen LogP contribution in [-0.4, -0.2) is 5.78 Å². The Balaban J connectivity index is 2.39. The molecule has 2 aromatic carbocycles. The van der Waals surface area contributed by atoms with Gasteiger partial charge in [0.2, 0.25) is 0 Å². The molecule has 1 unspecified atom stereocenters. The van der Waals surface area contributed by atoms with Gasteiger partial charge in [-0.1, -0.05) is 28.1 Å². The molecule has 0 saturated heterocycles. The van der Waals surface area contributed by atoms with E-state index in [1.54, 1.807) is 0 Å². The van der Waals surface area contributed by atoms with Crippen molar-refractivity contribution in [2.24, 2.45) is 0 Å². The smallest absolute Gasteiger partial charge is 0.191 e. The van der Waals surface area contributed by atoms with E-state index in [2.05, 4.69) is 15.9 Å². The number of ketones is 1. The summed E-state index contributed by atoms with van der Waals surface area (Å²) >= 11 is 8.83. The number of benzene rings is 2. The van der Waals surface area contributed by atoms with Gasteiger partial charge in [-0.2, -0.15) is 0 Å². The van der Waals surface area contributed by atoms with Crippen LogP contribution in [-0.2, 0) is 0 Å².